The van der Waals surface area contributed by atoms with Gasteiger partial charge in [-0.3, -0.25) is 14.4 Å². The molecular formula is C25H29N3O3. The fraction of sp³-hybridized carbons (Fsp3) is 0.400. The van der Waals surface area contributed by atoms with E-state index < -0.39 is 5.54 Å². The minimum Gasteiger partial charge on any atom is -0.350 e. The van der Waals surface area contributed by atoms with Crippen LogP contribution in [0.15, 0.2) is 54.6 Å². The monoisotopic (exact) mass is 419 g/mol. The molecule has 6 nitrogen and oxygen atoms in total. The lowest BCUT2D eigenvalue weighted by Crippen LogP contribution is -2.58. The van der Waals surface area contributed by atoms with Crippen molar-refractivity contribution in [1.29, 1.82) is 0 Å². The number of amides is 3. The van der Waals surface area contributed by atoms with Crippen molar-refractivity contribution in [3.05, 3.63) is 71.3 Å². The zero-order chi connectivity index (χ0) is 22.0. The highest BCUT2D eigenvalue weighted by molar-refractivity contribution is 5.99. The lowest BCUT2D eigenvalue weighted by molar-refractivity contribution is -0.132. The Morgan fingerprint density at radius 1 is 1.03 bits per heavy atom. The van der Waals surface area contributed by atoms with E-state index in [0.29, 0.717) is 38.0 Å². The van der Waals surface area contributed by atoms with Gasteiger partial charge < -0.3 is 15.1 Å². The quantitative estimate of drug-likeness (QED) is 0.809. The van der Waals surface area contributed by atoms with Gasteiger partial charge in [-0.1, -0.05) is 48.5 Å². The standard InChI is InChI=1S/C25H29N3O3/c1-18(20-8-4-3-5-9-20)26-23(30)16-25(12-14-27(15-13-25)19(2)29)28-17-21-10-6-7-11-22(21)24(28)31/h3-11,18H,12-17H2,1-2H3,(H,26,30). The van der Waals surface area contributed by atoms with Crippen LogP contribution in [0.25, 0.3) is 0 Å². The topological polar surface area (TPSA) is 69.7 Å². The predicted octanol–water partition coefficient (Wildman–Crippen LogP) is 3.29. The Balaban J connectivity index is 1.55. The first-order chi connectivity index (χ1) is 14.9. The third kappa shape index (κ3) is 4.20. The van der Waals surface area contributed by atoms with Crippen molar-refractivity contribution in [1.82, 2.24) is 15.1 Å². The Kier molecular flexibility index (Phi) is 5.81. The van der Waals surface area contributed by atoms with E-state index >= 15 is 0 Å². The molecule has 4 rings (SSSR count). The molecule has 0 bridgehead atoms. The summed E-state index contributed by atoms with van der Waals surface area (Å²) in [5, 5.41) is 3.10. The van der Waals surface area contributed by atoms with E-state index in [4.69, 9.17) is 0 Å². The maximum Gasteiger partial charge on any atom is 0.254 e. The summed E-state index contributed by atoms with van der Waals surface area (Å²) in [6, 6.07) is 17.4. The molecule has 0 spiro atoms. The molecule has 0 saturated carbocycles. The SMILES string of the molecule is CC(=O)N1CCC(CC(=O)NC(C)c2ccccc2)(N2Cc3ccccc3C2=O)CC1. The summed E-state index contributed by atoms with van der Waals surface area (Å²) in [5.74, 6) is -0.0565. The first-order valence-corrected chi connectivity index (χ1v) is 10.9. The smallest absolute Gasteiger partial charge is 0.254 e. The van der Waals surface area contributed by atoms with Crippen molar-refractivity contribution in [2.45, 2.75) is 51.2 Å². The number of benzene rings is 2. The van der Waals surface area contributed by atoms with Crippen LogP contribution in [0, 0.1) is 0 Å². The number of fused-ring (bicyclic) bond motifs is 1. The first kappa shape index (κ1) is 21.1. The molecule has 3 amide bonds. The first-order valence-electron chi connectivity index (χ1n) is 10.9. The van der Waals surface area contributed by atoms with Crippen LogP contribution < -0.4 is 5.32 Å². The summed E-state index contributed by atoms with van der Waals surface area (Å²) in [6.07, 6.45) is 1.43. The third-order valence-corrected chi connectivity index (χ3v) is 6.70. The van der Waals surface area contributed by atoms with Gasteiger partial charge in [-0.25, -0.2) is 0 Å². The van der Waals surface area contributed by atoms with Crippen LogP contribution in [0.4, 0.5) is 0 Å². The van der Waals surface area contributed by atoms with Crippen molar-refractivity contribution in [2.24, 2.45) is 0 Å². The van der Waals surface area contributed by atoms with Crippen LogP contribution in [-0.2, 0) is 16.1 Å². The summed E-state index contributed by atoms with van der Waals surface area (Å²) in [5.41, 5.74) is 2.16. The van der Waals surface area contributed by atoms with Gasteiger partial charge in [0.2, 0.25) is 11.8 Å². The Labute approximate surface area is 183 Å². The molecule has 2 aromatic rings. The van der Waals surface area contributed by atoms with Gasteiger partial charge in [0.05, 0.1) is 18.0 Å². The number of carbonyl (C=O) groups excluding carboxylic acids is 3. The highest BCUT2D eigenvalue weighted by Gasteiger charge is 2.47. The maximum absolute atomic E-state index is 13.3. The Morgan fingerprint density at radius 2 is 1.68 bits per heavy atom. The van der Waals surface area contributed by atoms with E-state index in [1.807, 2.05) is 66.4 Å². The number of carbonyl (C=O) groups is 3. The molecule has 1 atom stereocenters. The Hall–Kier alpha value is -3.15. The summed E-state index contributed by atoms with van der Waals surface area (Å²) in [4.78, 5) is 41.9. The lowest BCUT2D eigenvalue weighted by atomic mass is 9.82. The highest BCUT2D eigenvalue weighted by Crippen LogP contribution is 2.38. The number of rotatable bonds is 5. The fourth-order valence-electron chi connectivity index (χ4n) is 4.83. The van der Waals surface area contributed by atoms with E-state index in [9.17, 15) is 14.4 Å². The predicted molar refractivity (Wildman–Crippen MR) is 118 cm³/mol. The van der Waals surface area contributed by atoms with Crippen LogP contribution in [0.3, 0.4) is 0 Å². The molecule has 2 aliphatic heterocycles. The number of piperidine rings is 1. The van der Waals surface area contributed by atoms with Crippen molar-refractivity contribution in [2.75, 3.05) is 13.1 Å². The zero-order valence-electron chi connectivity index (χ0n) is 18.1. The van der Waals surface area contributed by atoms with E-state index in [0.717, 1.165) is 11.1 Å². The molecule has 0 aliphatic carbocycles. The van der Waals surface area contributed by atoms with Gasteiger partial charge in [-0.15, -0.1) is 0 Å². The molecule has 6 heteroatoms. The molecule has 0 radical (unpaired) electrons. The van der Waals surface area contributed by atoms with Gasteiger partial charge in [-0.2, -0.15) is 0 Å². The van der Waals surface area contributed by atoms with E-state index in [1.165, 1.54) is 0 Å². The van der Waals surface area contributed by atoms with Gasteiger partial charge in [0.15, 0.2) is 0 Å². The second-order valence-corrected chi connectivity index (χ2v) is 8.66. The molecule has 1 N–H and O–H groups in total. The van der Waals surface area contributed by atoms with Crippen LogP contribution in [0.2, 0.25) is 0 Å². The highest BCUT2D eigenvalue weighted by atomic mass is 16.2. The van der Waals surface area contributed by atoms with E-state index in [-0.39, 0.29) is 30.2 Å². The maximum atomic E-state index is 13.3. The Morgan fingerprint density at radius 3 is 2.32 bits per heavy atom. The van der Waals surface area contributed by atoms with Crippen LogP contribution in [0.1, 0.15) is 60.6 Å². The molecule has 1 saturated heterocycles. The summed E-state index contributed by atoms with van der Waals surface area (Å²) >= 11 is 0. The lowest BCUT2D eigenvalue weighted by Gasteiger charge is -2.47. The van der Waals surface area contributed by atoms with E-state index in [1.54, 1.807) is 11.8 Å². The fourth-order valence-corrected chi connectivity index (χ4v) is 4.83. The van der Waals surface area contributed by atoms with Gasteiger partial charge in [-0.05, 0) is 37.0 Å². The second kappa shape index (κ2) is 8.53. The van der Waals surface area contributed by atoms with Crippen molar-refractivity contribution >= 4 is 17.7 Å². The summed E-state index contributed by atoms with van der Waals surface area (Å²) < 4.78 is 0. The largest absolute Gasteiger partial charge is 0.350 e. The molecule has 1 fully saturated rings. The number of nitrogens with one attached hydrogen (secondary N) is 1. The number of likely N-dealkylation sites (tertiary alicyclic amines) is 1. The average Bonchev–Trinajstić information content (AvgIpc) is 3.12. The van der Waals surface area contributed by atoms with Gasteiger partial charge >= 0.3 is 0 Å². The molecule has 31 heavy (non-hydrogen) atoms. The zero-order valence-corrected chi connectivity index (χ0v) is 18.1. The minimum absolute atomic E-state index is 0.0178. The molecule has 162 valence electrons. The van der Waals surface area contributed by atoms with Crippen LogP contribution in [0.5, 0.6) is 0 Å². The molecule has 2 aliphatic rings. The number of hydrogen-bond acceptors (Lipinski definition) is 3. The molecule has 0 aromatic heterocycles. The Bertz CT molecular complexity index is 981. The number of hydrogen-bond donors (Lipinski definition) is 1. The summed E-state index contributed by atoms with van der Waals surface area (Å²) in [7, 11) is 0. The molecule has 1 unspecified atom stereocenters. The van der Waals surface area contributed by atoms with E-state index in [2.05, 4.69) is 5.32 Å². The van der Waals surface area contributed by atoms with Crippen molar-refractivity contribution < 1.29 is 14.4 Å². The van der Waals surface area contributed by atoms with Crippen LogP contribution in [-0.4, -0.2) is 46.1 Å². The van der Waals surface area contributed by atoms with Gasteiger partial charge in [0.25, 0.3) is 5.91 Å². The average molecular weight is 420 g/mol. The minimum atomic E-state index is -0.595. The second-order valence-electron chi connectivity index (χ2n) is 8.66. The van der Waals surface area contributed by atoms with Crippen molar-refractivity contribution in [3.8, 4) is 0 Å². The van der Waals surface area contributed by atoms with Gasteiger partial charge in [0, 0.05) is 32.1 Å². The normalized spacial score (nSPS) is 18.5. The molecule has 2 aromatic carbocycles. The van der Waals surface area contributed by atoms with Gasteiger partial charge in [0.1, 0.15) is 0 Å². The third-order valence-electron chi connectivity index (χ3n) is 6.70. The summed E-state index contributed by atoms with van der Waals surface area (Å²) in [6.45, 7) is 5.15. The molecule has 2 heterocycles. The molecular weight excluding hydrogens is 390 g/mol. The van der Waals surface area contributed by atoms with Crippen LogP contribution >= 0.6 is 0 Å². The van der Waals surface area contributed by atoms with Crippen molar-refractivity contribution in [3.63, 3.8) is 0 Å². The number of nitrogens with zero attached hydrogens (tertiary/aromatic N) is 2.